The average molecular weight is 244 g/mol. The van der Waals surface area contributed by atoms with Gasteiger partial charge in [0, 0.05) is 26.1 Å². The van der Waals surface area contributed by atoms with E-state index in [4.69, 9.17) is 0 Å². The molecular weight excluding hydrogens is 220 g/mol. The fraction of sp³-hybridized carbons (Fsp3) is 1.00. The zero-order chi connectivity index (χ0) is 12.6. The van der Waals surface area contributed by atoms with Crippen molar-refractivity contribution in [2.75, 3.05) is 19.6 Å². The Balaban J connectivity index is 2.07. The maximum Gasteiger partial charge on any atom is 0.135 e. The van der Waals surface area contributed by atoms with Crippen molar-refractivity contribution in [1.82, 2.24) is 10.2 Å². The molecule has 0 aliphatic carbocycles. The smallest absolute Gasteiger partial charge is 0.135 e. The summed E-state index contributed by atoms with van der Waals surface area (Å²) in [6.07, 6.45) is -0.399. The van der Waals surface area contributed by atoms with Gasteiger partial charge in [-0.25, -0.2) is 0 Å². The summed E-state index contributed by atoms with van der Waals surface area (Å²) >= 11 is 0. The summed E-state index contributed by atoms with van der Waals surface area (Å²) in [5, 5.41) is 33.5. The minimum absolute atomic E-state index is 0.384. The van der Waals surface area contributed by atoms with Crippen LogP contribution in [-0.4, -0.2) is 63.8 Å². The fourth-order valence-electron chi connectivity index (χ4n) is 2.91. The van der Waals surface area contributed by atoms with E-state index in [2.05, 4.69) is 24.1 Å². The molecule has 0 radical (unpaired) electrons. The molecule has 5 heteroatoms. The van der Waals surface area contributed by atoms with Gasteiger partial charge in [0.2, 0.25) is 0 Å². The molecular formula is C12H24N2O3. The number of fused-ring (bicyclic) bond motifs is 1. The lowest BCUT2D eigenvalue weighted by atomic mass is 9.90. The van der Waals surface area contributed by atoms with Gasteiger partial charge in [0.05, 0.1) is 18.2 Å². The number of hydrogen-bond acceptors (Lipinski definition) is 5. The number of hydrogen-bond donors (Lipinski definition) is 4. The molecule has 100 valence electrons. The number of rotatable bonds is 3. The van der Waals surface area contributed by atoms with Crippen LogP contribution in [0.25, 0.3) is 0 Å². The minimum Gasteiger partial charge on any atom is -0.390 e. The van der Waals surface area contributed by atoms with Crippen LogP contribution in [0.3, 0.4) is 0 Å². The van der Waals surface area contributed by atoms with Crippen molar-refractivity contribution in [3.63, 3.8) is 0 Å². The summed E-state index contributed by atoms with van der Waals surface area (Å²) in [6.45, 7) is 6.39. The molecule has 2 aliphatic heterocycles. The predicted octanol–water partition coefficient (Wildman–Crippen LogP) is -0.880. The number of nitrogens with zero attached hydrogens (tertiary/aromatic N) is 1. The average Bonchev–Trinajstić information content (AvgIpc) is 2.60. The first-order valence-electron chi connectivity index (χ1n) is 6.51. The van der Waals surface area contributed by atoms with Gasteiger partial charge in [0.1, 0.15) is 5.72 Å². The lowest BCUT2D eigenvalue weighted by molar-refractivity contribution is -0.130. The quantitative estimate of drug-likeness (QED) is 0.485. The molecule has 5 nitrogen and oxygen atoms in total. The third kappa shape index (κ3) is 2.48. The van der Waals surface area contributed by atoms with Gasteiger partial charge >= 0.3 is 0 Å². The molecule has 2 heterocycles. The van der Waals surface area contributed by atoms with Crippen molar-refractivity contribution in [3.05, 3.63) is 0 Å². The molecule has 17 heavy (non-hydrogen) atoms. The monoisotopic (exact) mass is 244 g/mol. The van der Waals surface area contributed by atoms with Crippen LogP contribution in [0.15, 0.2) is 0 Å². The summed E-state index contributed by atoms with van der Waals surface area (Å²) in [6, 6.07) is -0.384. The third-order valence-electron chi connectivity index (χ3n) is 3.91. The van der Waals surface area contributed by atoms with Crippen molar-refractivity contribution in [2.24, 2.45) is 5.92 Å². The minimum atomic E-state index is -1.06. The SMILES string of the molecule is CC(C)CNC1(O)CCN2CCC(O)C(O)C21. The van der Waals surface area contributed by atoms with Crippen LogP contribution < -0.4 is 5.32 Å². The van der Waals surface area contributed by atoms with Crippen molar-refractivity contribution < 1.29 is 15.3 Å². The maximum absolute atomic E-state index is 10.6. The van der Waals surface area contributed by atoms with Gasteiger partial charge in [0.25, 0.3) is 0 Å². The normalized spacial score (nSPS) is 43.1. The zero-order valence-corrected chi connectivity index (χ0v) is 10.6. The zero-order valence-electron chi connectivity index (χ0n) is 10.6. The van der Waals surface area contributed by atoms with Gasteiger partial charge in [-0.05, 0) is 12.3 Å². The Morgan fingerprint density at radius 2 is 2.06 bits per heavy atom. The van der Waals surface area contributed by atoms with Gasteiger partial charge in [0.15, 0.2) is 0 Å². The molecule has 4 atom stereocenters. The molecule has 4 N–H and O–H groups in total. The molecule has 0 saturated carbocycles. The third-order valence-corrected chi connectivity index (χ3v) is 3.91. The summed E-state index contributed by atoms with van der Waals surface area (Å²) in [5.41, 5.74) is -1.06. The second-order valence-electron chi connectivity index (χ2n) is 5.78. The van der Waals surface area contributed by atoms with Gasteiger partial charge < -0.3 is 15.3 Å². The Kier molecular flexibility index (Phi) is 3.75. The van der Waals surface area contributed by atoms with Crippen LogP contribution in [0.2, 0.25) is 0 Å². The summed E-state index contributed by atoms with van der Waals surface area (Å²) in [7, 11) is 0. The van der Waals surface area contributed by atoms with Crippen LogP contribution in [0.1, 0.15) is 26.7 Å². The molecule has 4 unspecified atom stereocenters. The Morgan fingerprint density at radius 3 is 2.71 bits per heavy atom. The van der Waals surface area contributed by atoms with E-state index in [-0.39, 0.29) is 6.04 Å². The van der Waals surface area contributed by atoms with Crippen LogP contribution in [0.5, 0.6) is 0 Å². The predicted molar refractivity (Wildman–Crippen MR) is 64.4 cm³/mol. The Morgan fingerprint density at radius 1 is 1.35 bits per heavy atom. The molecule has 0 aromatic heterocycles. The summed E-state index contributed by atoms with van der Waals surface area (Å²) < 4.78 is 0. The van der Waals surface area contributed by atoms with E-state index < -0.39 is 17.9 Å². The molecule has 0 spiro atoms. The maximum atomic E-state index is 10.6. The van der Waals surface area contributed by atoms with Gasteiger partial charge in [-0.2, -0.15) is 0 Å². The molecule has 0 amide bonds. The van der Waals surface area contributed by atoms with E-state index in [1.165, 1.54) is 0 Å². The molecule has 2 rings (SSSR count). The highest BCUT2D eigenvalue weighted by atomic mass is 16.3. The lowest BCUT2D eigenvalue weighted by Gasteiger charge is -2.43. The van der Waals surface area contributed by atoms with Crippen LogP contribution in [0.4, 0.5) is 0 Å². The van der Waals surface area contributed by atoms with E-state index >= 15 is 0 Å². The van der Waals surface area contributed by atoms with E-state index in [0.717, 1.165) is 13.1 Å². The first-order chi connectivity index (χ1) is 7.94. The molecule has 2 fully saturated rings. The van der Waals surface area contributed by atoms with Gasteiger partial charge in [-0.1, -0.05) is 13.8 Å². The highest BCUT2D eigenvalue weighted by molar-refractivity contribution is 5.05. The van der Waals surface area contributed by atoms with E-state index in [0.29, 0.717) is 25.3 Å². The van der Waals surface area contributed by atoms with Crippen molar-refractivity contribution in [3.8, 4) is 0 Å². The second kappa shape index (κ2) is 4.82. The fourth-order valence-corrected chi connectivity index (χ4v) is 2.91. The number of piperidine rings is 1. The summed E-state index contributed by atoms with van der Waals surface area (Å²) in [5.74, 6) is 0.443. The van der Waals surface area contributed by atoms with Crippen LogP contribution in [-0.2, 0) is 0 Å². The van der Waals surface area contributed by atoms with Crippen molar-refractivity contribution in [1.29, 1.82) is 0 Å². The first kappa shape index (κ1) is 13.2. The molecule has 0 aromatic carbocycles. The molecule has 0 aromatic rings. The number of aliphatic hydroxyl groups excluding tert-OH is 2. The molecule has 0 bridgehead atoms. The van der Waals surface area contributed by atoms with E-state index in [9.17, 15) is 15.3 Å². The Bertz CT molecular complexity index is 274. The summed E-state index contributed by atoms with van der Waals surface area (Å²) in [4.78, 5) is 2.07. The van der Waals surface area contributed by atoms with E-state index in [1.807, 2.05) is 0 Å². The van der Waals surface area contributed by atoms with Gasteiger partial charge in [-0.15, -0.1) is 0 Å². The lowest BCUT2D eigenvalue weighted by Crippen LogP contribution is -2.64. The Labute approximate surface area is 102 Å². The van der Waals surface area contributed by atoms with E-state index in [1.54, 1.807) is 0 Å². The standard InChI is InChI=1S/C12H24N2O3/c1-8(2)7-13-12(17)4-6-14-5-3-9(15)10(16)11(12)14/h8-11,13,15-17H,3-7H2,1-2H3. The van der Waals surface area contributed by atoms with Gasteiger partial charge in [-0.3, -0.25) is 10.2 Å². The van der Waals surface area contributed by atoms with Crippen molar-refractivity contribution in [2.45, 2.75) is 50.7 Å². The second-order valence-corrected chi connectivity index (χ2v) is 5.78. The Hall–Kier alpha value is -0.200. The molecule has 2 saturated heterocycles. The highest BCUT2D eigenvalue weighted by Crippen LogP contribution is 2.33. The highest BCUT2D eigenvalue weighted by Gasteiger charge is 2.53. The first-order valence-corrected chi connectivity index (χ1v) is 6.51. The van der Waals surface area contributed by atoms with Crippen molar-refractivity contribution >= 4 is 0 Å². The van der Waals surface area contributed by atoms with Crippen LogP contribution >= 0.6 is 0 Å². The number of aliphatic hydroxyl groups is 3. The number of nitrogens with one attached hydrogen (secondary N) is 1. The van der Waals surface area contributed by atoms with Crippen LogP contribution in [0, 0.1) is 5.92 Å². The topological polar surface area (TPSA) is 76.0 Å². The molecule has 2 aliphatic rings. The largest absolute Gasteiger partial charge is 0.390 e.